The Kier molecular flexibility index (Phi) is 7.25. The fourth-order valence-corrected chi connectivity index (χ4v) is 3.81. The van der Waals surface area contributed by atoms with E-state index in [-0.39, 0.29) is 30.2 Å². The van der Waals surface area contributed by atoms with Gasteiger partial charge in [0, 0.05) is 38.5 Å². The van der Waals surface area contributed by atoms with Gasteiger partial charge in [-0.05, 0) is 43.7 Å². The molecule has 154 valence electrons. The maximum Gasteiger partial charge on any atom is 0.221 e. The summed E-state index contributed by atoms with van der Waals surface area (Å²) in [6, 6.07) is 6.76. The summed E-state index contributed by atoms with van der Waals surface area (Å²) in [7, 11) is 0. The molecule has 6 nitrogen and oxygen atoms in total. The molecule has 0 unspecified atom stereocenters. The fourth-order valence-electron chi connectivity index (χ4n) is 3.81. The van der Waals surface area contributed by atoms with Gasteiger partial charge in [0.1, 0.15) is 6.61 Å². The van der Waals surface area contributed by atoms with Crippen LogP contribution in [-0.2, 0) is 9.59 Å². The standard InChI is InChI=1S/C21H30FN3O3/c1-15(26)24-13-18-9-8-17(25(18)14-16-6-7-16)12-21(27)23-10-11-28-20-5-3-2-4-19(20)22/h2-5,16-18H,6-14H2,1H3,(H,23,27)(H,24,26)/t17-,18+/m1/s1. The van der Waals surface area contributed by atoms with Crippen molar-refractivity contribution in [2.24, 2.45) is 5.92 Å². The molecule has 1 aromatic rings. The minimum atomic E-state index is -0.402. The van der Waals surface area contributed by atoms with Gasteiger partial charge < -0.3 is 15.4 Å². The number of carbonyl (C=O) groups excluding carboxylic acids is 2. The first kappa shape index (κ1) is 20.6. The number of carbonyl (C=O) groups is 2. The van der Waals surface area contributed by atoms with Crippen LogP contribution in [0.1, 0.15) is 39.0 Å². The van der Waals surface area contributed by atoms with Crippen molar-refractivity contribution in [1.82, 2.24) is 15.5 Å². The van der Waals surface area contributed by atoms with Gasteiger partial charge in [0.25, 0.3) is 0 Å². The number of para-hydroxylation sites is 1. The molecule has 0 radical (unpaired) electrons. The highest BCUT2D eigenvalue weighted by molar-refractivity contribution is 5.76. The predicted molar refractivity (Wildman–Crippen MR) is 104 cm³/mol. The lowest BCUT2D eigenvalue weighted by molar-refractivity contribution is -0.122. The quantitative estimate of drug-likeness (QED) is 0.599. The lowest BCUT2D eigenvalue weighted by atomic mass is 10.1. The molecular weight excluding hydrogens is 361 g/mol. The van der Waals surface area contributed by atoms with E-state index in [0.717, 1.165) is 25.3 Å². The van der Waals surface area contributed by atoms with E-state index in [2.05, 4.69) is 15.5 Å². The van der Waals surface area contributed by atoms with E-state index in [1.54, 1.807) is 18.2 Å². The Morgan fingerprint density at radius 2 is 1.89 bits per heavy atom. The zero-order valence-electron chi connectivity index (χ0n) is 16.5. The molecule has 2 aliphatic rings. The molecule has 1 saturated carbocycles. The van der Waals surface area contributed by atoms with Crippen LogP contribution in [0.4, 0.5) is 4.39 Å². The van der Waals surface area contributed by atoms with Crippen LogP contribution in [0.15, 0.2) is 24.3 Å². The summed E-state index contributed by atoms with van der Waals surface area (Å²) >= 11 is 0. The monoisotopic (exact) mass is 391 g/mol. The first-order valence-corrected chi connectivity index (χ1v) is 10.2. The number of hydrogen-bond acceptors (Lipinski definition) is 4. The summed E-state index contributed by atoms with van der Waals surface area (Å²) in [6.45, 7) is 3.77. The molecule has 28 heavy (non-hydrogen) atoms. The number of hydrogen-bond donors (Lipinski definition) is 2. The Hall–Kier alpha value is -2.15. The first-order chi connectivity index (χ1) is 13.5. The molecule has 0 aromatic heterocycles. The molecule has 2 fully saturated rings. The molecule has 1 saturated heterocycles. The van der Waals surface area contributed by atoms with Gasteiger partial charge in [0.15, 0.2) is 11.6 Å². The van der Waals surface area contributed by atoms with Crippen molar-refractivity contribution in [2.45, 2.75) is 51.1 Å². The van der Waals surface area contributed by atoms with Gasteiger partial charge >= 0.3 is 0 Å². The van der Waals surface area contributed by atoms with Crippen molar-refractivity contribution in [3.05, 3.63) is 30.1 Å². The minimum absolute atomic E-state index is 0.0110. The number of nitrogens with zero attached hydrogens (tertiary/aromatic N) is 1. The smallest absolute Gasteiger partial charge is 0.221 e. The second-order valence-electron chi connectivity index (χ2n) is 7.80. The molecule has 2 amide bonds. The van der Waals surface area contributed by atoms with Gasteiger partial charge in [0.05, 0.1) is 6.54 Å². The van der Waals surface area contributed by atoms with Crippen LogP contribution in [0, 0.1) is 11.7 Å². The maximum atomic E-state index is 13.5. The van der Waals surface area contributed by atoms with Crippen LogP contribution >= 0.6 is 0 Å². The maximum absolute atomic E-state index is 13.5. The van der Waals surface area contributed by atoms with E-state index in [1.807, 2.05) is 0 Å². The van der Waals surface area contributed by atoms with Crippen molar-refractivity contribution in [3.63, 3.8) is 0 Å². The minimum Gasteiger partial charge on any atom is -0.489 e. The Bertz CT molecular complexity index is 681. The average Bonchev–Trinajstić information content (AvgIpc) is 3.41. The third-order valence-electron chi connectivity index (χ3n) is 5.46. The summed E-state index contributed by atoms with van der Waals surface area (Å²) < 4.78 is 18.9. The van der Waals surface area contributed by atoms with Crippen molar-refractivity contribution in [2.75, 3.05) is 26.2 Å². The van der Waals surface area contributed by atoms with Gasteiger partial charge in [-0.1, -0.05) is 12.1 Å². The van der Waals surface area contributed by atoms with Gasteiger partial charge in [-0.3, -0.25) is 14.5 Å². The van der Waals surface area contributed by atoms with Crippen LogP contribution in [-0.4, -0.2) is 55.0 Å². The summed E-state index contributed by atoms with van der Waals surface area (Å²) in [5, 5.41) is 5.79. The molecule has 0 spiro atoms. The Balaban J connectivity index is 1.41. The van der Waals surface area contributed by atoms with Crippen molar-refractivity contribution in [1.29, 1.82) is 0 Å². The van der Waals surface area contributed by atoms with E-state index >= 15 is 0 Å². The number of ether oxygens (including phenoxy) is 1. The number of benzene rings is 1. The van der Waals surface area contributed by atoms with E-state index in [0.29, 0.717) is 25.6 Å². The van der Waals surface area contributed by atoms with Crippen LogP contribution < -0.4 is 15.4 Å². The molecule has 2 atom stereocenters. The molecule has 1 aliphatic heterocycles. The largest absolute Gasteiger partial charge is 0.489 e. The average molecular weight is 391 g/mol. The van der Waals surface area contributed by atoms with Gasteiger partial charge in [0.2, 0.25) is 11.8 Å². The number of rotatable bonds is 10. The van der Waals surface area contributed by atoms with E-state index < -0.39 is 5.82 Å². The van der Waals surface area contributed by atoms with Gasteiger partial charge in [-0.25, -0.2) is 4.39 Å². The molecule has 7 heteroatoms. The normalized spacial score (nSPS) is 22.1. The molecule has 0 bridgehead atoms. The SMILES string of the molecule is CC(=O)NC[C@@H]1CC[C@H](CC(=O)NCCOc2ccccc2F)N1CC1CC1. The van der Waals surface area contributed by atoms with Crippen LogP contribution in [0.25, 0.3) is 0 Å². The second-order valence-corrected chi connectivity index (χ2v) is 7.80. The number of halogens is 1. The summed E-state index contributed by atoms with van der Waals surface area (Å²) in [4.78, 5) is 26.0. The van der Waals surface area contributed by atoms with Crippen LogP contribution in [0.5, 0.6) is 5.75 Å². The number of amides is 2. The summed E-state index contributed by atoms with van der Waals surface area (Å²) in [5.41, 5.74) is 0. The van der Waals surface area contributed by atoms with Gasteiger partial charge in [-0.15, -0.1) is 0 Å². The van der Waals surface area contributed by atoms with Crippen LogP contribution in [0.3, 0.4) is 0 Å². The molecule has 3 rings (SSSR count). The highest BCUT2D eigenvalue weighted by atomic mass is 19.1. The van der Waals surface area contributed by atoms with E-state index in [1.165, 1.54) is 25.8 Å². The van der Waals surface area contributed by atoms with E-state index in [4.69, 9.17) is 4.74 Å². The Morgan fingerprint density at radius 1 is 1.14 bits per heavy atom. The third-order valence-corrected chi connectivity index (χ3v) is 5.46. The van der Waals surface area contributed by atoms with Gasteiger partial charge in [-0.2, -0.15) is 0 Å². The van der Waals surface area contributed by atoms with E-state index in [9.17, 15) is 14.0 Å². The zero-order chi connectivity index (χ0) is 19.9. The zero-order valence-corrected chi connectivity index (χ0v) is 16.5. The molecule has 1 aromatic carbocycles. The topological polar surface area (TPSA) is 70.7 Å². The van der Waals surface area contributed by atoms with Crippen LogP contribution in [0.2, 0.25) is 0 Å². The first-order valence-electron chi connectivity index (χ1n) is 10.2. The van der Waals surface area contributed by atoms with Crippen molar-refractivity contribution >= 4 is 11.8 Å². The molecule has 1 aliphatic carbocycles. The molecule has 2 N–H and O–H groups in total. The van der Waals surface area contributed by atoms with Crippen molar-refractivity contribution in [3.8, 4) is 5.75 Å². The number of likely N-dealkylation sites (tertiary alicyclic amines) is 1. The third kappa shape index (κ3) is 6.19. The lowest BCUT2D eigenvalue weighted by Gasteiger charge is -2.30. The Labute approximate surface area is 165 Å². The lowest BCUT2D eigenvalue weighted by Crippen LogP contribution is -2.45. The summed E-state index contributed by atoms with van der Waals surface area (Å²) in [5.74, 6) is 0.507. The Morgan fingerprint density at radius 3 is 2.61 bits per heavy atom. The highest BCUT2D eigenvalue weighted by Crippen LogP contribution is 2.35. The fraction of sp³-hybridized carbons (Fsp3) is 0.619. The number of nitrogens with one attached hydrogen (secondary N) is 2. The van der Waals surface area contributed by atoms with Crippen molar-refractivity contribution < 1.29 is 18.7 Å². The summed E-state index contributed by atoms with van der Waals surface area (Å²) in [6.07, 6.45) is 4.94. The highest BCUT2D eigenvalue weighted by Gasteiger charge is 2.37. The molecular formula is C21H30FN3O3. The molecule has 1 heterocycles. The predicted octanol–water partition coefficient (Wildman–Crippen LogP) is 2.09. The second kappa shape index (κ2) is 9.87.